The van der Waals surface area contributed by atoms with Crippen molar-refractivity contribution in [1.82, 2.24) is 0 Å². The van der Waals surface area contributed by atoms with Gasteiger partial charge in [0.25, 0.3) is 0 Å². The highest BCUT2D eigenvalue weighted by Crippen LogP contribution is 2.59. The lowest BCUT2D eigenvalue weighted by Gasteiger charge is -2.31. The fourth-order valence-corrected chi connectivity index (χ4v) is 19.4. The molecule has 0 aliphatic rings. The molecule has 0 nitrogen and oxygen atoms in total. The zero-order valence-electron chi connectivity index (χ0n) is 16.3. The molecule has 0 aromatic heterocycles. The molecule has 0 bridgehead atoms. The van der Waals surface area contributed by atoms with Gasteiger partial charge in [-0.05, 0) is 100 Å². The van der Waals surface area contributed by atoms with Crippen LogP contribution in [0.2, 0.25) is 0 Å². The van der Waals surface area contributed by atoms with E-state index in [2.05, 4.69) is 69.2 Å². The minimum absolute atomic E-state index is 0.331. The molecule has 0 aromatic rings. The van der Waals surface area contributed by atoms with Crippen LogP contribution in [0.5, 0.6) is 0 Å². The molecule has 140 valence electrons. The summed E-state index contributed by atoms with van der Waals surface area (Å²) in [4.78, 5) is 0. The Kier molecular flexibility index (Phi) is 11.8. The molecule has 0 aliphatic heterocycles. The van der Waals surface area contributed by atoms with E-state index in [-0.39, 0.29) is 0 Å². The maximum atomic E-state index is 2.36. The van der Waals surface area contributed by atoms with Crippen LogP contribution in [0.3, 0.4) is 0 Å². The van der Waals surface area contributed by atoms with E-state index < -0.39 is 0 Å². The molecule has 7 heteroatoms. The molecule has 0 unspecified atom stereocenters. The fourth-order valence-electron chi connectivity index (χ4n) is 2.86. The van der Waals surface area contributed by atoms with E-state index in [9.17, 15) is 0 Å². The van der Waals surface area contributed by atoms with Gasteiger partial charge in [-0.3, -0.25) is 0 Å². The van der Waals surface area contributed by atoms with Crippen LogP contribution in [0.25, 0.3) is 0 Å². The highest BCUT2D eigenvalue weighted by molar-refractivity contribution is 9.46. The molecule has 0 spiro atoms. The zero-order valence-corrected chi connectivity index (χ0v) is 22.0. The summed E-state index contributed by atoms with van der Waals surface area (Å²) in [7, 11) is 13.5. The molecule has 0 radical (unpaired) electrons. The minimum Gasteiger partial charge on any atom is -0.0754 e. The van der Waals surface area contributed by atoms with Crippen molar-refractivity contribution in [3.63, 3.8) is 0 Å². The molecule has 0 fully saturated rings. The van der Waals surface area contributed by atoms with Crippen molar-refractivity contribution < 1.29 is 0 Å². The fraction of sp³-hybridized carbons (Fsp3) is 1.00. The second-order valence-electron chi connectivity index (χ2n) is 9.50. The number of hydrogen-bond donors (Lipinski definition) is 0. The molecule has 0 atom stereocenters. The Morgan fingerprint density at radius 1 is 0.435 bits per heavy atom. The van der Waals surface area contributed by atoms with E-state index in [0.717, 1.165) is 0 Å². The van der Waals surface area contributed by atoms with Crippen LogP contribution >= 0.6 is 70.7 Å². The Morgan fingerprint density at radius 3 is 0.957 bits per heavy atom. The van der Waals surface area contributed by atoms with Crippen LogP contribution in [-0.4, -0.2) is 9.49 Å². The van der Waals surface area contributed by atoms with E-state index in [0.29, 0.717) is 20.3 Å². The largest absolute Gasteiger partial charge is 0.0754 e. The van der Waals surface area contributed by atoms with Crippen LogP contribution in [0.4, 0.5) is 0 Å². The summed E-state index contributed by atoms with van der Waals surface area (Å²) in [5.74, 6) is 0. The van der Waals surface area contributed by atoms with Crippen LogP contribution in [0, 0.1) is 10.8 Å². The molecule has 0 rings (SSSR count). The Morgan fingerprint density at radius 2 is 0.696 bits per heavy atom. The van der Waals surface area contributed by atoms with Crippen molar-refractivity contribution in [2.75, 3.05) is 0 Å². The Labute approximate surface area is 171 Å². The van der Waals surface area contributed by atoms with Gasteiger partial charge in [0.1, 0.15) is 0 Å². The summed E-state index contributed by atoms with van der Waals surface area (Å²) in [5.41, 5.74) is 0.795. The van der Waals surface area contributed by atoms with Crippen molar-refractivity contribution in [3.8, 4) is 0 Å². The van der Waals surface area contributed by atoms with Gasteiger partial charge in [-0.25, -0.2) is 0 Å². The SMILES string of the molecule is CC(C)(C)CC(C)(C)SSSSSSSC(C)(C)CC(C)(C)C. The first kappa shape index (κ1) is 25.4. The van der Waals surface area contributed by atoms with Gasteiger partial charge in [-0.1, -0.05) is 63.1 Å². The van der Waals surface area contributed by atoms with Gasteiger partial charge < -0.3 is 0 Å². The molecule has 0 amide bonds. The van der Waals surface area contributed by atoms with E-state index >= 15 is 0 Å². The summed E-state index contributed by atoms with van der Waals surface area (Å²) >= 11 is 0. The molecule has 23 heavy (non-hydrogen) atoms. The third kappa shape index (κ3) is 17.6. The second kappa shape index (κ2) is 10.7. The smallest absolute Gasteiger partial charge is 0.0220 e. The maximum absolute atomic E-state index is 2.36. The molecule has 0 heterocycles. The van der Waals surface area contributed by atoms with E-state index in [1.807, 2.05) is 70.7 Å². The molecule has 0 N–H and O–H groups in total. The predicted octanol–water partition coefficient (Wildman–Crippen LogP) is 10.0. The van der Waals surface area contributed by atoms with E-state index in [1.165, 1.54) is 12.8 Å². The van der Waals surface area contributed by atoms with Crippen molar-refractivity contribution in [2.45, 2.75) is 91.6 Å². The standard InChI is InChI=1S/C16H34S7/c1-13(2,3)11-15(7,8)17-19-21-23-22-20-18-16(9,10)12-14(4,5)6/h11-12H2,1-10H3. The van der Waals surface area contributed by atoms with Crippen molar-refractivity contribution in [2.24, 2.45) is 10.8 Å². The Bertz CT molecular complexity index is 294. The molecule has 0 saturated heterocycles. The summed E-state index contributed by atoms with van der Waals surface area (Å²) < 4.78 is 0.662. The van der Waals surface area contributed by atoms with Crippen molar-refractivity contribution in [3.05, 3.63) is 0 Å². The van der Waals surface area contributed by atoms with Crippen LogP contribution in [-0.2, 0) is 0 Å². The van der Waals surface area contributed by atoms with Gasteiger partial charge in [-0.15, -0.1) is 0 Å². The number of rotatable bonds is 10. The third-order valence-electron chi connectivity index (χ3n) is 2.54. The van der Waals surface area contributed by atoms with Crippen LogP contribution in [0.15, 0.2) is 0 Å². The summed E-state index contributed by atoms with van der Waals surface area (Å²) in [6.07, 6.45) is 2.48. The van der Waals surface area contributed by atoms with Gasteiger partial charge >= 0.3 is 0 Å². The van der Waals surface area contributed by atoms with E-state index in [4.69, 9.17) is 0 Å². The van der Waals surface area contributed by atoms with Gasteiger partial charge in [0, 0.05) is 9.49 Å². The highest BCUT2D eigenvalue weighted by Gasteiger charge is 2.27. The third-order valence-corrected chi connectivity index (χ3v) is 17.1. The van der Waals surface area contributed by atoms with Gasteiger partial charge in [0.2, 0.25) is 0 Å². The van der Waals surface area contributed by atoms with Gasteiger partial charge in [0.15, 0.2) is 0 Å². The summed E-state index contributed by atoms with van der Waals surface area (Å²) in [6.45, 7) is 23.4. The molecule has 0 aromatic carbocycles. The average molecular weight is 451 g/mol. The van der Waals surface area contributed by atoms with Gasteiger partial charge in [-0.2, -0.15) is 0 Å². The lowest BCUT2D eigenvalue weighted by molar-refractivity contribution is 0.340. The van der Waals surface area contributed by atoms with Crippen LogP contribution < -0.4 is 0 Å². The maximum Gasteiger partial charge on any atom is 0.0220 e. The summed E-state index contributed by atoms with van der Waals surface area (Å²) in [6, 6.07) is 0. The molecular formula is C16H34S7. The predicted molar refractivity (Wildman–Crippen MR) is 129 cm³/mol. The summed E-state index contributed by atoms with van der Waals surface area (Å²) in [5, 5.41) is 0. The minimum atomic E-state index is 0.331. The second-order valence-corrected chi connectivity index (χ2v) is 21.9. The average Bonchev–Trinajstić information content (AvgIpc) is 2.20. The lowest BCUT2D eigenvalue weighted by atomic mass is 9.86. The monoisotopic (exact) mass is 450 g/mol. The Hall–Kier alpha value is 2.45. The zero-order chi connectivity index (χ0) is 18.4. The molecule has 0 saturated carbocycles. The topological polar surface area (TPSA) is 0 Å². The first-order valence-corrected chi connectivity index (χ1v) is 16.6. The normalized spacial score (nSPS) is 14.3. The van der Waals surface area contributed by atoms with E-state index in [1.54, 1.807) is 0 Å². The van der Waals surface area contributed by atoms with Crippen LogP contribution in [0.1, 0.15) is 82.1 Å². The molecular weight excluding hydrogens is 417 g/mol. The lowest BCUT2D eigenvalue weighted by Crippen LogP contribution is -2.22. The first-order valence-electron chi connectivity index (χ1n) is 7.82. The Balaban J connectivity index is 3.78. The molecule has 0 aliphatic carbocycles. The number of hydrogen-bond acceptors (Lipinski definition) is 7. The van der Waals surface area contributed by atoms with Gasteiger partial charge in [0.05, 0.1) is 0 Å². The first-order chi connectivity index (χ1) is 10.1. The van der Waals surface area contributed by atoms with Crippen molar-refractivity contribution >= 4 is 70.7 Å². The highest BCUT2D eigenvalue weighted by atomic mass is 33.9. The van der Waals surface area contributed by atoms with Crippen molar-refractivity contribution in [1.29, 1.82) is 0 Å². The quantitative estimate of drug-likeness (QED) is 0.236.